The van der Waals surface area contributed by atoms with Crippen LogP contribution in [0.2, 0.25) is 0 Å². The quantitative estimate of drug-likeness (QED) is 0.789. The SMILES string of the molecule is CN(C(=O)N[C@@H](C(=O)O)C(C)(C)C)C1CCOC1. The van der Waals surface area contributed by atoms with E-state index in [1.807, 2.05) is 0 Å². The molecule has 1 unspecified atom stereocenters. The van der Waals surface area contributed by atoms with Crippen molar-refractivity contribution >= 4 is 12.0 Å². The molecule has 0 bridgehead atoms. The third-order valence-corrected chi connectivity index (χ3v) is 3.15. The van der Waals surface area contributed by atoms with E-state index >= 15 is 0 Å². The number of rotatable bonds is 3. The van der Waals surface area contributed by atoms with E-state index in [0.29, 0.717) is 13.2 Å². The normalized spacial score (nSPS) is 21.4. The zero-order valence-electron chi connectivity index (χ0n) is 11.4. The largest absolute Gasteiger partial charge is 0.480 e. The molecule has 2 N–H and O–H groups in total. The van der Waals surface area contributed by atoms with Crippen LogP contribution in [-0.4, -0.2) is 54.4 Å². The van der Waals surface area contributed by atoms with Gasteiger partial charge in [0.1, 0.15) is 6.04 Å². The minimum absolute atomic E-state index is 0.0272. The highest BCUT2D eigenvalue weighted by molar-refractivity contribution is 5.83. The fourth-order valence-electron chi connectivity index (χ4n) is 1.87. The number of carbonyl (C=O) groups excluding carboxylic acids is 1. The minimum Gasteiger partial charge on any atom is -0.480 e. The van der Waals surface area contributed by atoms with Gasteiger partial charge in [-0.1, -0.05) is 20.8 Å². The van der Waals surface area contributed by atoms with Crippen molar-refractivity contribution in [1.29, 1.82) is 0 Å². The molecule has 6 nitrogen and oxygen atoms in total. The molecule has 0 spiro atoms. The summed E-state index contributed by atoms with van der Waals surface area (Å²) in [5, 5.41) is 11.7. The molecular weight excluding hydrogens is 236 g/mol. The van der Waals surface area contributed by atoms with Crippen LogP contribution in [0.4, 0.5) is 4.79 Å². The monoisotopic (exact) mass is 258 g/mol. The number of amides is 2. The molecule has 1 rings (SSSR count). The van der Waals surface area contributed by atoms with E-state index in [1.165, 1.54) is 4.90 Å². The molecule has 0 aromatic heterocycles. The van der Waals surface area contributed by atoms with E-state index in [0.717, 1.165) is 6.42 Å². The highest BCUT2D eigenvalue weighted by Crippen LogP contribution is 2.20. The van der Waals surface area contributed by atoms with E-state index in [1.54, 1.807) is 27.8 Å². The molecular formula is C12H22N2O4. The molecule has 0 aliphatic carbocycles. The molecule has 1 saturated heterocycles. The van der Waals surface area contributed by atoms with Crippen molar-refractivity contribution in [2.45, 2.75) is 39.3 Å². The van der Waals surface area contributed by atoms with E-state index < -0.39 is 17.4 Å². The molecule has 0 aromatic rings. The maximum absolute atomic E-state index is 12.0. The fourth-order valence-corrected chi connectivity index (χ4v) is 1.87. The van der Waals surface area contributed by atoms with Gasteiger partial charge in [-0.3, -0.25) is 0 Å². The molecule has 0 radical (unpaired) electrons. The van der Waals surface area contributed by atoms with Crippen LogP contribution in [0.25, 0.3) is 0 Å². The maximum atomic E-state index is 12.0. The molecule has 1 aliphatic heterocycles. The highest BCUT2D eigenvalue weighted by atomic mass is 16.5. The van der Waals surface area contributed by atoms with Gasteiger partial charge >= 0.3 is 12.0 Å². The van der Waals surface area contributed by atoms with Crippen LogP contribution in [0.15, 0.2) is 0 Å². The molecule has 104 valence electrons. The smallest absolute Gasteiger partial charge is 0.326 e. The van der Waals surface area contributed by atoms with E-state index in [-0.39, 0.29) is 12.1 Å². The number of nitrogens with one attached hydrogen (secondary N) is 1. The van der Waals surface area contributed by atoms with Gasteiger partial charge in [0, 0.05) is 13.7 Å². The van der Waals surface area contributed by atoms with Crippen molar-refractivity contribution in [1.82, 2.24) is 10.2 Å². The van der Waals surface area contributed by atoms with Gasteiger partial charge in [0.15, 0.2) is 0 Å². The molecule has 1 fully saturated rings. The lowest BCUT2D eigenvalue weighted by atomic mass is 9.87. The van der Waals surface area contributed by atoms with Crippen molar-refractivity contribution in [3.63, 3.8) is 0 Å². The molecule has 18 heavy (non-hydrogen) atoms. The highest BCUT2D eigenvalue weighted by Gasteiger charge is 2.34. The Bertz CT molecular complexity index is 319. The minimum atomic E-state index is -1.02. The van der Waals surface area contributed by atoms with Gasteiger partial charge in [-0.05, 0) is 11.8 Å². The number of hydrogen-bond acceptors (Lipinski definition) is 3. The Morgan fingerprint density at radius 1 is 1.44 bits per heavy atom. The van der Waals surface area contributed by atoms with Crippen LogP contribution >= 0.6 is 0 Å². The van der Waals surface area contributed by atoms with Crippen LogP contribution < -0.4 is 5.32 Å². The van der Waals surface area contributed by atoms with Crippen molar-refractivity contribution in [2.75, 3.05) is 20.3 Å². The average molecular weight is 258 g/mol. The number of ether oxygens (including phenoxy) is 1. The second-order valence-corrected chi connectivity index (χ2v) is 5.72. The second-order valence-electron chi connectivity index (χ2n) is 5.72. The number of urea groups is 1. The predicted molar refractivity (Wildman–Crippen MR) is 66.4 cm³/mol. The van der Waals surface area contributed by atoms with Crippen molar-refractivity contribution in [3.8, 4) is 0 Å². The zero-order chi connectivity index (χ0) is 13.9. The van der Waals surface area contributed by atoms with Gasteiger partial charge in [-0.2, -0.15) is 0 Å². The van der Waals surface area contributed by atoms with Crippen LogP contribution in [0.3, 0.4) is 0 Å². The Kier molecular flexibility index (Phi) is 4.56. The summed E-state index contributed by atoms with van der Waals surface area (Å²) >= 11 is 0. The second kappa shape index (κ2) is 5.56. The first-order valence-electron chi connectivity index (χ1n) is 6.07. The number of nitrogens with zero attached hydrogens (tertiary/aromatic N) is 1. The Morgan fingerprint density at radius 2 is 2.06 bits per heavy atom. The summed E-state index contributed by atoms with van der Waals surface area (Å²) in [5.41, 5.74) is -0.533. The molecule has 1 heterocycles. The van der Waals surface area contributed by atoms with Crippen LogP contribution in [0.1, 0.15) is 27.2 Å². The van der Waals surface area contributed by atoms with Crippen LogP contribution in [0.5, 0.6) is 0 Å². The fraction of sp³-hybridized carbons (Fsp3) is 0.833. The first-order valence-corrected chi connectivity index (χ1v) is 6.07. The molecule has 2 amide bonds. The third-order valence-electron chi connectivity index (χ3n) is 3.15. The van der Waals surface area contributed by atoms with Crippen LogP contribution in [0, 0.1) is 5.41 Å². The third kappa shape index (κ3) is 3.60. The maximum Gasteiger partial charge on any atom is 0.326 e. The Balaban J connectivity index is 2.63. The first-order chi connectivity index (χ1) is 8.23. The van der Waals surface area contributed by atoms with Gasteiger partial charge in [0.25, 0.3) is 0 Å². The lowest BCUT2D eigenvalue weighted by Crippen LogP contribution is -2.54. The lowest BCUT2D eigenvalue weighted by Gasteiger charge is -2.31. The van der Waals surface area contributed by atoms with E-state index in [9.17, 15) is 9.59 Å². The van der Waals surface area contributed by atoms with E-state index in [4.69, 9.17) is 9.84 Å². The van der Waals surface area contributed by atoms with Crippen molar-refractivity contribution in [3.05, 3.63) is 0 Å². The zero-order valence-corrected chi connectivity index (χ0v) is 11.4. The first kappa shape index (κ1) is 14.8. The van der Waals surface area contributed by atoms with E-state index in [2.05, 4.69) is 5.32 Å². The predicted octanol–water partition coefficient (Wildman–Crippen LogP) is 0.916. The van der Waals surface area contributed by atoms with Crippen LogP contribution in [-0.2, 0) is 9.53 Å². The molecule has 2 atom stereocenters. The topological polar surface area (TPSA) is 78.9 Å². The van der Waals surface area contributed by atoms with Gasteiger partial charge in [-0.15, -0.1) is 0 Å². The summed E-state index contributed by atoms with van der Waals surface area (Å²) < 4.78 is 5.21. The number of carbonyl (C=O) groups is 2. The number of hydrogen-bond donors (Lipinski definition) is 2. The van der Waals surface area contributed by atoms with Crippen molar-refractivity contribution < 1.29 is 19.4 Å². The standard InChI is InChI=1S/C12H22N2O4/c1-12(2,3)9(10(15)16)13-11(17)14(4)8-5-6-18-7-8/h8-9H,5-7H2,1-4H3,(H,13,17)(H,15,16)/t8?,9-/m0/s1. The summed E-state index contributed by atoms with van der Waals surface area (Å²) in [6.45, 7) is 6.50. The van der Waals surface area contributed by atoms with Crippen molar-refractivity contribution in [2.24, 2.45) is 5.41 Å². The summed E-state index contributed by atoms with van der Waals surface area (Å²) in [4.78, 5) is 24.7. The number of aliphatic carboxylic acids is 1. The number of carboxylic acid groups (broad SMARTS) is 1. The lowest BCUT2D eigenvalue weighted by molar-refractivity contribution is -0.142. The Labute approximate surface area is 107 Å². The average Bonchev–Trinajstić information content (AvgIpc) is 2.75. The number of carboxylic acids is 1. The summed E-state index contributed by atoms with van der Waals surface area (Å²) in [5.74, 6) is -1.02. The van der Waals surface area contributed by atoms with Gasteiger partial charge in [0.05, 0.1) is 12.6 Å². The molecule has 0 saturated carbocycles. The Morgan fingerprint density at radius 3 is 2.44 bits per heavy atom. The molecule has 0 aromatic carbocycles. The van der Waals surface area contributed by atoms with Gasteiger partial charge in [0.2, 0.25) is 0 Å². The summed E-state index contributed by atoms with van der Waals surface area (Å²) in [6.07, 6.45) is 0.789. The van der Waals surface area contributed by atoms with Gasteiger partial charge < -0.3 is 20.1 Å². The summed E-state index contributed by atoms with van der Waals surface area (Å²) in [7, 11) is 1.66. The summed E-state index contributed by atoms with van der Waals surface area (Å²) in [6, 6.07) is -1.25. The molecule has 1 aliphatic rings. The molecule has 6 heteroatoms. The van der Waals surface area contributed by atoms with Gasteiger partial charge in [-0.25, -0.2) is 9.59 Å². The number of likely N-dealkylation sites (N-methyl/N-ethyl adjacent to an activating group) is 1. The Hall–Kier alpha value is -1.30.